The molecular formula is C24H27ClN4O2S2. The fraction of sp³-hybridized carbons (Fsp3) is 0.417. The third-order valence-corrected chi connectivity index (χ3v) is 7.88. The Kier molecular flexibility index (Phi) is 7.16. The van der Waals surface area contributed by atoms with E-state index in [-0.39, 0.29) is 23.1 Å². The van der Waals surface area contributed by atoms with Crippen LogP contribution < -0.4 is 5.32 Å². The first-order chi connectivity index (χ1) is 15.7. The van der Waals surface area contributed by atoms with E-state index in [1.165, 1.54) is 22.7 Å². The number of carbonyl (C=O) groups excluding carboxylic acids is 2. The van der Waals surface area contributed by atoms with Crippen molar-refractivity contribution in [3.05, 3.63) is 62.0 Å². The molecule has 6 nitrogen and oxygen atoms in total. The second-order valence-electron chi connectivity index (χ2n) is 9.24. The predicted octanol–water partition coefficient (Wildman–Crippen LogP) is 5.75. The van der Waals surface area contributed by atoms with Crippen LogP contribution in [0.1, 0.15) is 66.3 Å². The summed E-state index contributed by atoms with van der Waals surface area (Å²) in [6.45, 7) is 7.65. The summed E-state index contributed by atoms with van der Waals surface area (Å²) in [6.07, 6.45) is 1.99. The molecule has 1 N–H and O–H groups in total. The summed E-state index contributed by atoms with van der Waals surface area (Å²) in [4.78, 5) is 36.4. The van der Waals surface area contributed by atoms with Gasteiger partial charge in [0.15, 0.2) is 5.13 Å². The molecule has 33 heavy (non-hydrogen) atoms. The van der Waals surface area contributed by atoms with E-state index in [0.717, 1.165) is 29.1 Å². The van der Waals surface area contributed by atoms with Crippen LogP contribution in [0.3, 0.4) is 0 Å². The molecule has 1 aromatic carbocycles. The van der Waals surface area contributed by atoms with Gasteiger partial charge < -0.3 is 4.90 Å². The van der Waals surface area contributed by atoms with Crippen molar-refractivity contribution in [1.29, 1.82) is 0 Å². The fourth-order valence-electron chi connectivity index (χ4n) is 3.71. The SMILES string of the molecule is CC(C)(C)c1csc(NC(=O)c2csc(C3CCN(C(=O)Cc4ccccc4Cl)CC3)n2)n1. The number of hydrogen-bond donors (Lipinski definition) is 1. The Balaban J connectivity index is 1.31. The first-order valence-electron chi connectivity index (χ1n) is 10.9. The van der Waals surface area contributed by atoms with Gasteiger partial charge in [0, 0.05) is 40.2 Å². The first-order valence-corrected chi connectivity index (χ1v) is 13.1. The summed E-state index contributed by atoms with van der Waals surface area (Å²) in [6, 6.07) is 7.47. The van der Waals surface area contributed by atoms with E-state index in [1.54, 1.807) is 5.38 Å². The molecule has 174 valence electrons. The van der Waals surface area contributed by atoms with Crippen LogP contribution in [0, 0.1) is 0 Å². The van der Waals surface area contributed by atoms with Gasteiger partial charge >= 0.3 is 0 Å². The van der Waals surface area contributed by atoms with Gasteiger partial charge in [-0.2, -0.15) is 0 Å². The van der Waals surface area contributed by atoms with Gasteiger partial charge in [0.2, 0.25) is 5.91 Å². The summed E-state index contributed by atoms with van der Waals surface area (Å²) < 4.78 is 0. The van der Waals surface area contributed by atoms with Crippen LogP contribution in [0.25, 0.3) is 0 Å². The number of anilines is 1. The van der Waals surface area contributed by atoms with Gasteiger partial charge in [0.05, 0.1) is 17.1 Å². The van der Waals surface area contributed by atoms with Crippen molar-refractivity contribution < 1.29 is 9.59 Å². The number of nitrogens with zero attached hydrogens (tertiary/aromatic N) is 3. The molecule has 2 amide bonds. The minimum atomic E-state index is -0.236. The number of piperidine rings is 1. The number of aromatic nitrogens is 2. The van der Waals surface area contributed by atoms with Crippen LogP contribution in [0.4, 0.5) is 5.13 Å². The normalized spacial score (nSPS) is 15.0. The number of benzene rings is 1. The van der Waals surface area contributed by atoms with E-state index in [2.05, 4.69) is 36.1 Å². The number of thiazole rings is 2. The molecular weight excluding hydrogens is 476 g/mol. The smallest absolute Gasteiger partial charge is 0.276 e. The summed E-state index contributed by atoms with van der Waals surface area (Å²) in [5.41, 5.74) is 2.17. The van der Waals surface area contributed by atoms with Gasteiger partial charge in [0.25, 0.3) is 5.91 Å². The largest absolute Gasteiger partial charge is 0.342 e. The lowest BCUT2D eigenvalue weighted by Crippen LogP contribution is -2.38. The van der Waals surface area contributed by atoms with E-state index in [9.17, 15) is 9.59 Å². The Morgan fingerprint density at radius 3 is 2.52 bits per heavy atom. The fourth-order valence-corrected chi connectivity index (χ4v) is 5.81. The number of carbonyl (C=O) groups is 2. The second-order valence-corrected chi connectivity index (χ2v) is 11.4. The monoisotopic (exact) mass is 502 g/mol. The minimum absolute atomic E-state index is 0.0586. The van der Waals surface area contributed by atoms with Crippen molar-refractivity contribution >= 4 is 51.2 Å². The summed E-state index contributed by atoms with van der Waals surface area (Å²) in [5.74, 6) is 0.117. The third-order valence-electron chi connectivity index (χ3n) is 5.74. The standard InChI is InChI=1S/C24H27ClN4O2S2/c1-24(2,3)19-14-33-23(27-19)28-21(31)18-13-32-22(26-18)15-8-10-29(11-9-15)20(30)12-16-6-4-5-7-17(16)25/h4-7,13-15H,8-12H2,1-3H3,(H,27,28,31). The number of amides is 2. The molecule has 0 bridgehead atoms. The predicted molar refractivity (Wildman–Crippen MR) is 135 cm³/mol. The maximum absolute atomic E-state index is 12.7. The highest BCUT2D eigenvalue weighted by molar-refractivity contribution is 7.14. The zero-order valence-electron chi connectivity index (χ0n) is 18.9. The molecule has 1 aliphatic heterocycles. The average molecular weight is 503 g/mol. The Morgan fingerprint density at radius 1 is 1.12 bits per heavy atom. The van der Waals surface area contributed by atoms with Crippen molar-refractivity contribution in [3.8, 4) is 0 Å². The van der Waals surface area contributed by atoms with E-state index < -0.39 is 0 Å². The van der Waals surface area contributed by atoms with Crippen LogP contribution in [0.5, 0.6) is 0 Å². The highest BCUT2D eigenvalue weighted by atomic mass is 35.5. The van der Waals surface area contributed by atoms with E-state index in [4.69, 9.17) is 11.6 Å². The van der Waals surface area contributed by atoms with Gasteiger partial charge in [-0.25, -0.2) is 9.97 Å². The molecule has 0 spiro atoms. The molecule has 0 saturated carbocycles. The van der Waals surface area contributed by atoms with Crippen molar-refractivity contribution in [2.45, 2.75) is 51.4 Å². The van der Waals surface area contributed by atoms with Crippen molar-refractivity contribution in [1.82, 2.24) is 14.9 Å². The molecule has 1 aliphatic rings. The number of rotatable bonds is 5. The molecule has 2 aromatic heterocycles. The molecule has 4 rings (SSSR count). The number of nitrogens with one attached hydrogen (secondary N) is 1. The Bertz CT molecular complexity index is 1140. The first kappa shape index (κ1) is 23.9. The minimum Gasteiger partial charge on any atom is -0.342 e. The topological polar surface area (TPSA) is 75.2 Å². The summed E-state index contributed by atoms with van der Waals surface area (Å²) >= 11 is 9.13. The van der Waals surface area contributed by atoms with Gasteiger partial charge in [-0.05, 0) is 24.5 Å². The van der Waals surface area contributed by atoms with Gasteiger partial charge in [-0.1, -0.05) is 50.6 Å². The zero-order valence-corrected chi connectivity index (χ0v) is 21.3. The lowest BCUT2D eigenvalue weighted by Gasteiger charge is -2.31. The van der Waals surface area contributed by atoms with Crippen LogP contribution in [-0.2, 0) is 16.6 Å². The maximum Gasteiger partial charge on any atom is 0.276 e. The van der Waals surface area contributed by atoms with Crippen LogP contribution in [0.15, 0.2) is 35.0 Å². The Hall–Kier alpha value is -2.29. The maximum atomic E-state index is 12.7. The van der Waals surface area contributed by atoms with Crippen LogP contribution >= 0.6 is 34.3 Å². The lowest BCUT2D eigenvalue weighted by molar-refractivity contribution is -0.131. The highest BCUT2D eigenvalue weighted by Gasteiger charge is 2.27. The molecule has 0 atom stereocenters. The number of hydrogen-bond acceptors (Lipinski definition) is 6. The molecule has 9 heteroatoms. The quantitative estimate of drug-likeness (QED) is 0.482. The lowest BCUT2D eigenvalue weighted by atomic mass is 9.93. The molecule has 0 radical (unpaired) electrons. The number of halogens is 1. The Morgan fingerprint density at radius 2 is 1.85 bits per heavy atom. The molecule has 1 saturated heterocycles. The van der Waals surface area contributed by atoms with Crippen molar-refractivity contribution in [3.63, 3.8) is 0 Å². The zero-order chi connectivity index (χ0) is 23.6. The average Bonchev–Trinajstić information content (AvgIpc) is 3.45. The van der Waals surface area contributed by atoms with Crippen molar-refractivity contribution in [2.24, 2.45) is 0 Å². The van der Waals surface area contributed by atoms with Gasteiger partial charge in [-0.15, -0.1) is 22.7 Å². The van der Waals surface area contributed by atoms with E-state index in [1.807, 2.05) is 34.5 Å². The molecule has 3 aromatic rings. The number of likely N-dealkylation sites (tertiary alicyclic amines) is 1. The van der Waals surface area contributed by atoms with E-state index in [0.29, 0.717) is 35.4 Å². The molecule has 3 heterocycles. The van der Waals surface area contributed by atoms with Gasteiger partial charge in [0.1, 0.15) is 5.69 Å². The Labute approximate surface area is 207 Å². The highest BCUT2D eigenvalue weighted by Crippen LogP contribution is 2.31. The second kappa shape index (κ2) is 9.91. The molecule has 1 fully saturated rings. The summed E-state index contributed by atoms with van der Waals surface area (Å²) in [5, 5.41) is 8.81. The van der Waals surface area contributed by atoms with Gasteiger partial charge in [-0.3, -0.25) is 14.9 Å². The molecule has 0 aliphatic carbocycles. The van der Waals surface area contributed by atoms with Crippen LogP contribution in [0.2, 0.25) is 5.02 Å². The van der Waals surface area contributed by atoms with E-state index >= 15 is 0 Å². The molecule has 0 unspecified atom stereocenters. The van der Waals surface area contributed by atoms with Crippen LogP contribution in [-0.4, -0.2) is 39.8 Å². The van der Waals surface area contributed by atoms with Crippen molar-refractivity contribution in [2.75, 3.05) is 18.4 Å². The third kappa shape index (κ3) is 5.80. The summed E-state index contributed by atoms with van der Waals surface area (Å²) in [7, 11) is 0.